The number of carbonyl (C=O) groups is 1. The Labute approximate surface area is 146 Å². The number of carbonyl (C=O) groups excluding carboxylic acids is 1. The number of nitrogens with zero attached hydrogens (tertiary/aromatic N) is 3. The van der Waals surface area contributed by atoms with E-state index in [0.29, 0.717) is 12.2 Å². The molecule has 0 bridgehead atoms. The molecule has 0 saturated heterocycles. The van der Waals surface area contributed by atoms with Crippen LogP contribution < -0.4 is 0 Å². The van der Waals surface area contributed by atoms with E-state index in [1.165, 1.54) is 11.8 Å². The number of hydrogen-bond acceptors (Lipinski definition) is 4. The molecule has 0 atom stereocenters. The van der Waals surface area contributed by atoms with Crippen molar-refractivity contribution in [3.63, 3.8) is 0 Å². The molecule has 0 radical (unpaired) electrons. The van der Waals surface area contributed by atoms with Crippen LogP contribution in [0.3, 0.4) is 0 Å². The van der Waals surface area contributed by atoms with Gasteiger partial charge >= 0.3 is 0 Å². The van der Waals surface area contributed by atoms with Crippen LogP contribution >= 0.6 is 11.8 Å². The zero-order valence-electron chi connectivity index (χ0n) is 13.6. The second-order valence-corrected chi connectivity index (χ2v) is 6.28. The summed E-state index contributed by atoms with van der Waals surface area (Å²) in [6.45, 7) is 2.83. The lowest BCUT2D eigenvalue weighted by Gasteiger charge is -2.07. The van der Waals surface area contributed by atoms with Gasteiger partial charge in [-0.1, -0.05) is 72.5 Å². The van der Waals surface area contributed by atoms with Gasteiger partial charge in [-0.05, 0) is 18.9 Å². The minimum Gasteiger partial charge on any atom is -0.302 e. The van der Waals surface area contributed by atoms with Crippen LogP contribution in [0, 0.1) is 0 Å². The normalized spacial score (nSPS) is 13.6. The second-order valence-electron chi connectivity index (χ2n) is 5.34. The molecule has 0 amide bonds. The van der Waals surface area contributed by atoms with Crippen LogP contribution in [0.5, 0.6) is 0 Å². The van der Waals surface area contributed by atoms with Gasteiger partial charge in [0.25, 0.3) is 0 Å². The first-order valence-corrected chi connectivity index (χ1v) is 8.95. The number of allylic oxidation sites excluding steroid dienone is 6. The third kappa shape index (κ3) is 3.74. The van der Waals surface area contributed by atoms with E-state index in [-0.39, 0.29) is 5.78 Å². The van der Waals surface area contributed by atoms with Crippen molar-refractivity contribution in [3.05, 3.63) is 66.3 Å². The fraction of sp³-hybridized carbons (Fsp3) is 0.211. The molecule has 0 fully saturated rings. The largest absolute Gasteiger partial charge is 0.302 e. The lowest BCUT2D eigenvalue weighted by molar-refractivity contribution is -0.113. The summed E-state index contributed by atoms with van der Waals surface area (Å²) in [5.74, 6) is 1.36. The average Bonchev–Trinajstić information content (AvgIpc) is 2.84. The van der Waals surface area contributed by atoms with Gasteiger partial charge in [-0.3, -0.25) is 4.79 Å². The highest BCUT2D eigenvalue weighted by Gasteiger charge is 2.15. The molecule has 4 nitrogen and oxygen atoms in total. The van der Waals surface area contributed by atoms with E-state index in [9.17, 15) is 4.79 Å². The van der Waals surface area contributed by atoms with Gasteiger partial charge in [0.05, 0.1) is 5.75 Å². The fourth-order valence-corrected chi connectivity index (χ4v) is 3.40. The molecule has 2 aromatic rings. The molecule has 0 saturated carbocycles. The van der Waals surface area contributed by atoms with Crippen LogP contribution in [0.15, 0.2) is 71.4 Å². The van der Waals surface area contributed by atoms with E-state index >= 15 is 0 Å². The minimum absolute atomic E-state index is 0.142. The van der Waals surface area contributed by atoms with Gasteiger partial charge < -0.3 is 4.57 Å². The Hall–Kier alpha value is -2.40. The SMILES string of the molecule is CCn1c(SCC(=O)C2=CC=CC=CC2)nnc1-c1ccccc1. The highest BCUT2D eigenvalue weighted by atomic mass is 32.2. The summed E-state index contributed by atoms with van der Waals surface area (Å²) in [6, 6.07) is 9.99. The number of benzene rings is 1. The third-order valence-electron chi connectivity index (χ3n) is 3.75. The van der Waals surface area contributed by atoms with Gasteiger partial charge in [-0.15, -0.1) is 10.2 Å². The van der Waals surface area contributed by atoms with Gasteiger partial charge in [0.1, 0.15) is 0 Å². The fourth-order valence-electron chi connectivity index (χ4n) is 2.49. The Kier molecular flexibility index (Phi) is 5.43. The van der Waals surface area contributed by atoms with Gasteiger partial charge in [-0.2, -0.15) is 0 Å². The Morgan fingerprint density at radius 2 is 2.00 bits per heavy atom. The molecule has 1 aromatic heterocycles. The van der Waals surface area contributed by atoms with Crippen molar-refractivity contribution in [1.29, 1.82) is 0 Å². The second kappa shape index (κ2) is 7.93. The number of aromatic nitrogens is 3. The number of thioether (sulfide) groups is 1. The van der Waals surface area contributed by atoms with Crippen LogP contribution in [0.25, 0.3) is 11.4 Å². The summed E-state index contributed by atoms with van der Waals surface area (Å²) in [5.41, 5.74) is 1.87. The van der Waals surface area contributed by atoms with Crippen LogP contribution in [0.4, 0.5) is 0 Å². The Morgan fingerprint density at radius 3 is 2.79 bits per heavy atom. The van der Waals surface area contributed by atoms with Crippen molar-refractivity contribution in [3.8, 4) is 11.4 Å². The van der Waals surface area contributed by atoms with Crippen molar-refractivity contribution in [2.24, 2.45) is 0 Å². The first-order chi connectivity index (χ1) is 11.8. The van der Waals surface area contributed by atoms with E-state index in [1.807, 2.05) is 60.7 Å². The number of hydrogen-bond donors (Lipinski definition) is 0. The molecule has 24 heavy (non-hydrogen) atoms. The quantitative estimate of drug-likeness (QED) is 0.746. The maximum atomic E-state index is 12.4. The van der Waals surface area contributed by atoms with E-state index in [0.717, 1.165) is 28.7 Å². The molecule has 1 heterocycles. The highest BCUT2D eigenvalue weighted by Crippen LogP contribution is 2.24. The van der Waals surface area contributed by atoms with Crippen LogP contribution in [-0.2, 0) is 11.3 Å². The summed E-state index contributed by atoms with van der Waals surface area (Å²) in [7, 11) is 0. The smallest absolute Gasteiger partial charge is 0.191 e. The van der Waals surface area contributed by atoms with Crippen molar-refractivity contribution >= 4 is 17.5 Å². The predicted molar refractivity (Wildman–Crippen MR) is 97.8 cm³/mol. The maximum absolute atomic E-state index is 12.4. The van der Waals surface area contributed by atoms with Gasteiger partial charge in [-0.25, -0.2) is 0 Å². The van der Waals surface area contributed by atoms with Crippen molar-refractivity contribution < 1.29 is 4.79 Å². The maximum Gasteiger partial charge on any atom is 0.191 e. The molecule has 3 rings (SSSR count). The molecule has 1 aliphatic rings. The van der Waals surface area contributed by atoms with Crippen LogP contribution in [0.1, 0.15) is 13.3 Å². The molecule has 0 N–H and O–H groups in total. The summed E-state index contributed by atoms with van der Waals surface area (Å²) in [4.78, 5) is 12.4. The number of rotatable bonds is 6. The lowest BCUT2D eigenvalue weighted by Crippen LogP contribution is -2.07. The standard InChI is InChI=1S/C19H19N3OS/c1-2-22-18(16-12-8-5-9-13-16)20-21-19(22)24-14-17(23)15-10-6-3-4-7-11-15/h3-10,12-13H,2,11,14H2,1H3. The highest BCUT2D eigenvalue weighted by molar-refractivity contribution is 7.99. The lowest BCUT2D eigenvalue weighted by atomic mass is 10.1. The minimum atomic E-state index is 0.142. The summed E-state index contributed by atoms with van der Waals surface area (Å²) in [6.07, 6.45) is 10.4. The molecule has 5 heteroatoms. The van der Waals surface area contributed by atoms with Gasteiger partial charge in [0.15, 0.2) is 16.8 Å². The van der Waals surface area contributed by atoms with Crippen molar-refractivity contribution in [2.45, 2.75) is 25.0 Å². The Bertz CT molecular complexity index is 803. The van der Waals surface area contributed by atoms with Gasteiger partial charge in [0, 0.05) is 12.1 Å². The molecule has 0 aliphatic heterocycles. The Balaban J connectivity index is 1.73. The van der Waals surface area contributed by atoms with E-state index in [1.54, 1.807) is 0 Å². The average molecular weight is 337 g/mol. The molecule has 0 unspecified atom stereocenters. The predicted octanol–water partition coefficient (Wildman–Crippen LogP) is 4.07. The summed E-state index contributed by atoms with van der Waals surface area (Å²) < 4.78 is 2.05. The molecular formula is C19H19N3OS. The summed E-state index contributed by atoms with van der Waals surface area (Å²) >= 11 is 1.45. The van der Waals surface area contributed by atoms with Crippen molar-refractivity contribution in [1.82, 2.24) is 14.8 Å². The number of ketones is 1. The first-order valence-electron chi connectivity index (χ1n) is 7.96. The monoisotopic (exact) mass is 337 g/mol. The van der Waals surface area contributed by atoms with Crippen LogP contribution in [-0.4, -0.2) is 26.3 Å². The molecular weight excluding hydrogens is 318 g/mol. The van der Waals surface area contributed by atoms with Crippen LogP contribution in [0.2, 0.25) is 0 Å². The summed E-state index contributed by atoms with van der Waals surface area (Å²) in [5, 5.41) is 9.36. The van der Waals surface area contributed by atoms with Gasteiger partial charge in [0.2, 0.25) is 0 Å². The van der Waals surface area contributed by atoms with E-state index in [4.69, 9.17) is 0 Å². The molecule has 1 aliphatic carbocycles. The van der Waals surface area contributed by atoms with E-state index < -0.39 is 0 Å². The number of Topliss-reactive ketones (excluding diaryl/α,β-unsaturated/α-hetero) is 1. The first kappa shape index (κ1) is 16.5. The Morgan fingerprint density at radius 1 is 1.17 bits per heavy atom. The van der Waals surface area contributed by atoms with Crippen molar-refractivity contribution in [2.75, 3.05) is 5.75 Å². The zero-order valence-corrected chi connectivity index (χ0v) is 14.4. The molecule has 122 valence electrons. The molecule has 0 spiro atoms. The third-order valence-corrected chi connectivity index (χ3v) is 4.72. The van der Waals surface area contributed by atoms with E-state index in [2.05, 4.69) is 21.7 Å². The molecule has 1 aromatic carbocycles. The zero-order chi connectivity index (χ0) is 16.8. The topological polar surface area (TPSA) is 47.8 Å².